The second-order valence-electron chi connectivity index (χ2n) is 6.85. The van der Waals surface area contributed by atoms with Crippen LogP contribution in [-0.4, -0.2) is 32.3 Å². The van der Waals surface area contributed by atoms with Gasteiger partial charge in [-0.3, -0.25) is 9.59 Å². The van der Waals surface area contributed by atoms with Gasteiger partial charge in [-0.1, -0.05) is 49.0 Å². The number of carbonyl (C=O) groups excluding carboxylic acids is 2. The van der Waals surface area contributed by atoms with E-state index in [0.29, 0.717) is 17.5 Å². The molecule has 7 nitrogen and oxygen atoms in total. The molecule has 0 saturated carbocycles. The summed E-state index contributed by atoms with van der Waals surface area (Å²) in [4.78, 5) is 24.6. The van der Waals surface area contributed by atoms with Crippen LogP contribution in [0.15, 0.2) is 66.3 Å². The summed E-state index contributed by atoms with van der Waals surface area (Å²) in [7, 11) is 0. The molecule has 0 aliphatic carbocycles. The molecule has 0 aliphatic rings. The Balaban J connectivity index is 1.59. The third-order valence-electron chi connectivity index (χ3n) is 4.61. The number of nitrogens with one attached hydrogen (secondary N) is 2. The number of thioether (sulfide) groups is 1. The third kappa shape index (κ3) is 6.04. The van der Waals surface area contributed by atoms with Crippen molar-refractivity contribution in [1.29, 1.82) is 0 Å². The molecular formula is C23H24FN5O2S. The fraction of sp³-hybridized carbons (Fsp3) is 0.217. The largest absolute Gasteiger partial charge is 0.345 e. The first-order valence-electron chi connectivity index (χ1n) is 10.1. The number of benzene rings is 2. The van der Waals surface area contributed by atoms with Gasteiger partial charge in [0.05, 0.1) is 17.9 Å². The summed E-state index contributed by atoms with van der Waals surface area (Å²) in [5.74, 6) is -0.676. The summed E-state index contributed by atoms with van der Waals surface area (Å²) < 4.78 is 15.5. The van der Waals surface area contributed by atoms with E-state index in [0.717, 1.165) is 12.1 Å². The normalized spacial score (nSPS) is 10.6. The molecule has 0 unspecified atom stereocenters. The van der Waals surface area contributed by atoms with Crippen LogP contribution in [0.1, 0.15) is 28.7 Å². The van der Waals surface area contributed by atoms with Crippen LogP contribution in [0.25, 0.3) is 0 Å². The van der Waals surface area contributed by atoms with Crippen molar-refractivity contribution in [3.8, 4) is 0 Å². The Morgan fingerprint density at radius 3 is 2.59 bits per heavy atom. The fourth-order valence-electron chi connectivity index (χ4n) is 2.92. The summed E-state index contributed by atoms with van der Waals surface area (Å²) in [5, 5.41) is 14.3. The molecule has 166 valence electrons. The molecule has 0 saturated heterocycles. The molecule has 9 heteroatoms. The summed E-state index contributed by atoms with van der Waals surface area (Å²) in [6, 6.07) is 13.5. The number of rotatable bonds is 10. The molecule has 3 aromatic rings. The van der Waals surface area contributed by atoms with Gasteiger partial charge in [-0.05, 0) is 36.2 Å². The lowest BCUT2D eigenvalue weighted by atomic mass is 10.1. The number of hydrogen-bond donors (Lipinski definition) is 2. The third-order valence-corrected chi connectivity index (χ3v) is 5.58. The Labute approximate surface area is 190 Å². The number of carbonyl (C=O) groups is 2. The highest BCUT2D eigenvalue weighted by atomic mass is 32.2. The van der Waals surface area contributed by atoms with Crippen molar-refractivity contribution in [1.82, 2.24) is 20.1 Å². The molecule has 0 aliphatic heterocycles. The second-order valence-corrected chi connectivity index (χ2v) is 7.79. The predicted octanol–water partition coefficient (Wildman–Crippen LogP) is 3.83. The first-order chi connectivity index (χ1) is 15.5. The Kier molecular flexibility index (Phi) is 8.15. The van der Waals surface area contributed by atoms with Crippen molar-refractivity contribution >= 4 is 29.3 Å². The topological polar surface area (TPSA) is 88.9 Å². The van der Waals surface area contributed by atoms with Gasteiger partial charge in [0.1, 0.15) is 5.82 Å². The van der Waals surface area contributed by atoms with Crippen LogP contribution in [0.4, 0.5) is 10.1 Å². The number of amides is 2. The van der Waals surface area contributed by atoms with Gasteiger partial charge in [0, 0.05) is 12.2 Å². The van der Waals surface area contributed by atoms with Crippen molar-refractivity contribution in [2.45, 2.75) is 31.6 Å². The van der Waals surface area contributed by atoms with E-state index in [-0.39, 0.29) is 23.8 Å². The zero-order chi connectivity index (χ0) is 22.9. The molecule has 3 rings (SSSR count). The molecule has 0 bridgehead atoms. The number of aryl methyl sites for hydroxylation is 1. The highest BCUT2D eigenvalue weighted by Gasteiger charge is 2.16. The maximum absolute atomic E-state index is 13.8. The summed E-state index contributed by atoms with van der Waals surface area (Å²) in [5.41, 5.74) is 1.89. The van der Waals surface area contributed by atoms with Gasteiger partial charge in [0.2, 0.25) is 5.91 Å². The van der Waals surface area contributed by atoms with E-state index in [4.69, 9.17) is 0 Å². The van der Waals surface area contributed by atoms with E-state index in [9.17, 15) is 14.0 Å². The van der Waals surface area contributed by atoms with Gasteiger partial charge in [-0.15, -0.1) is 16.8 Å². The molecule has 1 heterocycles. The van der Waals surface area contributed by atoms with Crippen molar-refractivity contribution in [3.63, 3.8) is 0 Å². The summed E-state index contributed by atoms with van der Waals surface area (Å²) in [6.45, 7) is 6.27. The van der Waals surface area contributed by atoms with E-state index in [1.165, 1.54) is 35.5 Å². The molecule has 2 amide bonds. The number of halogens is 1. The van der Waals surface area contributed by atoms with Gasteiger partial charge in [0.15, 0.2) is 11.0 Å². The highest BCUT2D eigenvalue weighted by molar-refractivity contribution is 7.99. The van der Waals surface area contributed by atoms with E-state index in [1.807, 2.05) is 24.3 Å². The lowest BCUT2D eigenvalue weighted by Crippen LogP contribution is -2.25. The van der Waals surface area contributed by atoms with Crippen molar-refractivity contribution in [2.24, 2.45) is 0 Å². The predicted molar refractivity (Wildman–Crippen MR) is 123 cm³/mol. The van der Waals surface area contributed by atoms with Crippen LogP contribution in [0, 0.1) is 5.82 Å². The minimum atomic E-state index is -0.593. The van der Waals surface area contributed by atoms with Crippen LogP contribution in [0.5, 0.6) is 0 Å². The minimum absolute atomic E-state index is 0.0412. The monoisotopic (exact) mass is 453 g/mol. The molecule has 0 fully saturated rings. The smallest absolute Gasteiger partial charge is 0.254 e. The number of aromatic nitrogens is 3. The number of nitrogens with zero attached hydrogens (tertiary/aromatic N) is 3. The van der Waals surface area contributed by atoms with Gasteiger partial charge in [-0.2, -0.15) is 0 Å². The lowest BCUT2D eigenvalue weighted by molar-refractivity contribution is -0.113. The van der Waals surface area contributed by atoms with E-state index in [1.54, 1.807) is 16.7 Å². The van der Waals surface area contributed by atoms with E-state index in [2.05, 4.69) is 34.3 Å². The van der Waals surface area contributed by atoms with Crippen molar-refractivity contribution in [2.75, 3.05) is 11.1 Å². The van der Waals surface area contributed by atoms with Crippen LogP contribution >= 0.6 is 11.8 Å². The summed E-state index contributed by atoms with van der Waals surface area (Å²) in [6.07, 6.45) is 2.61. The Hall–Kier alpha value is -3.46. The van der Waals surface area contributed by atoms with Gasteiger partial charge in [0.25, 0.3) is 5.91 Å². The van der Waals surface area contributed by atoms with Gasteiger partial charge >= 0.3 is 0 Å². The SMILES string of the molecule is C=CCn1c(CNC(=O)c2ccccc2F)nnc1SCC(=O)Nc1ccc(CC)cc1. The molecule has 0 spiro atoms. The highest BCUT2D eigenvalue weighted by Crippen LogP contribution is 2.18. The molecule has 0 radical (unpaired) electrons. The maximum Gasteiger partial charge on any atom is 0.254 e. The quantitative estimate of drug-likeness (QED) is 0.360. The average molecular weight is 454 g/mol. The fourth-order valence-corrected chi connectivity index (χ4v) is 3.69. The number of allylic oxidation sites excluding steroid dienone is 1. The first kappa shape index (κ1) is 23.2. The molecular weight excluding hydrogens is 429 g/mol. The second kappa shape index (κ2) is 11.2. The molecule has 2 N–H and O–H groups in total. The molecule has 0 atom stereocenters. The van der Waals surface area contributed by atoms with Crippen LogP contribution in [0.3, 0.4) is 0 Å². The molecule has 2 aromatic carbocycles. The van der Waals surface area contributed by atoms with E-state index >= 15 is 0 Å². The van der Waals surface area contributed by atoms with Crippen molar-refractivity contribution < 1.29 is 14.0 Å². The number of anilines is 1. The van der Waals surface area contributed by atoms with Crippen LogP contribution < -0.4 is 10.6 Å². The number of hydrogen-bond acceptors (Lipinski definition) is 5. The Morgan fingerprint density at radius 2 is 1.91 bits per heavy atom. The maximum atomic E-state index is 13.8. The molecule has 32 heavy (non-hydrogen) atoms. The minimum Gasteiger partial charge on any atom is -0.345 e. The first-order valence-corrected chi connectivity index (χ1v) is 11.1. The zero-order valence-electron chi connectivity index (χ0n) is 17.7. The Bertz CT molecular complexity index is 1100. The summed E-state index contributed by atoms with van der Waals surface area (Å²) >= 11 is 1.23. The van der Waals surface area contributed by atoms with Crippen LogP contribution in [0.2, 0.25) is 0 Å². The lowest BCUT2D eigenvalue weighted by Gasteiger charge is -2.09. The van der Waals surface area contributed by atoms with Crippen molar-refractivity contribution in [3.05, 3.63) is 84.0 Å². The van der Waals surface area contributed by atoms with E-state index < -0.39 is 11.7 Å². The average Bonchev–Trinajstić information content (AvgIpc) is 3.18. The standard InChI is InChI=1S/C23H24FN5O2S/c1-3-13-29-20(14-25-22(31)18-7-5-6-8-19(18)24)27-28-23(29)32-15-21(30)26-17-11-9-16(4-2)10-12-17/h3,5-12H,1,4,13-15H2,2H3,(H,25,31)(H,26,30). The van der Waals surface area contributed by atoms with Gasteiger partial charge in [-0.25, -0.2) is 4.39 Å². The van der Waals surface area contributed by atoms with Crippen LogP contribution in [-0.2, 0) is 24.3 Å². The van der Waals surface area contributed by atoms with Gasteiger partial charge < -0.3 is 15.2 Å². The molecule has 1 aromatic heterocycles. The Morgan fingerprint density at radius 1 is 1.16 bits per heavy atom. The zero-order valence-corrected chi connectivity index (χ0v) is 18.5.